The van der Waals surface area contributed by atoms with Gasteiger partial charge in [0.25, 0.3) is 0 Å². The molecule has 0 radical (unpaired) electrons. The lowest BCUT2D eigenvalue weighted by Gasteiger charge is -2.58. The van der Waals surface area contributed by atoms with Crippen LogP contribution in [0.4, 0.5) is 4.79 Å². The van der Waals surface area contributed by atoms with Crippen LogP contribution in [0.3, 0.4) is 0 Å². The van der Waals surface area contributed by atoms with Crippen molar-refractivity contribution >= 4 is 12.1 Å². The van der Waals surface area contributed by atoms with Gasteiger partial charge in [0.05, 0.1) is 5.92 Å². The number of benzene rings is 2. The summed E-state index contributed by atoms with van der Waals surface area (Å²) < 4.78 is 17.2. The maximum absolute atomic E-state index is 13.2. The van der Waals surface area contributed by atoms with E-state index in [1.54, 1.807) is 0 Å². The topological polar surface area (TPSA) is 65.1 Å². The number of rotatable bonds is 6. The minimum Gasteiger partial charge on any atom is -0.457 e. The fraction of sp³-hybridized carbons (Fsp3) is 0.562. The molecule has 1 aliphatic heterocycles. The lowest BCUT2D eigenvalue weighted by atomic mass is 9.52. The smallest absolute Gasteiger partial charge is 0.410 e. The molecule has 38 heavy (non-hydrogen) atoms. The molecule has 2 aromatic rings. The number of piperidine rings is 1. The van der Waals surface area contributed by atoms with E-state index < -0.39 is 0 Å². The number of fused-ring (bicyclic) bond motifs is 1. The molecule has 3 aliphatic carbocycles. The number of amides is 1. The van der Waals surface area contributed by atoms with E-state index in [9.17, 15) is 9.59 Å². The number of nitrogens with zero attached hydrogens (tertiary/aromatic N) is 1. The molecule has 2 aromatic carbocycles. The van der Waals surface area contributed by atoms with Gasteiger partial charge in [-0.25, -0.2) is 4.79 Å². The summed E-state index contributed by atoms with van der Waals surface area (Å²) in [7, 11) is 0. The lowest BCUT2D eigenvalue weighted by molar-refractivity contribution is -0.156. The highest BCUT2D eigenvalue weighted by Gasteiger charge is 2.55. The van der Waals surface area contributed by atoms with Crippen molar-refractivity contribution < 1.29 is 23.8 Å². The first-order valence-electron chi connectivity index (χ1n) is 14.5. The quantitative estimate of drug-likeness (QED) is 0.321. The average Bonchev–Trinajstić information content (AvgIpc) is 2.97. The molecule has 3 atom stereocenters. The Morgan fingerprint density at radius 1 is 0.895 bits per heavy atom. The molecule has 3 fully saturated rings. The van der Waals surface area contributed by atoms with Crippen LogP contribution >= 0.6 is 0 Å². The Morgan fingerprint density at radius 3 is 2.55 bits per heavy atom. The number of carbonyl (C=O) groups is 2. The van der Waals surface area contributed by atoms with Crippen molar-refractivity contribution in [2.24, 2.45) is 11.8 Å². The first-order chi connectivity index (χ1) is 18.6. The highest BCUT2D eigenvalue weighted by atomic mass is 16.7. The van der Waals surface area contributed by atoms with E-state index in [1.165, 1.54) is 30.4 Å². The monoisotopic (exact) mass is 517 g/mol. The van der Waals surface area contributed by atoms with Gasteiger partial charge >= 0.3 is 12.1 Å². The molecule has 4 aliphatic rings. The van der Waals surface area contributed by atoms with Gasteiger partial charge in [0.1, 0.15) is 12.4 Å². The van der Waals surface area contributed by atoms with Crippen molar-refractivity contribution in [3.05, 3.63) is 65.2 Å². The number of carbonyl (C=O) groups excluding carboxylic acids is 2. The normalized spacial score (nSPS) is 26.6. The second-order valence-corrected chi connectivity index (χ2v) is 11.6. The third-order valence-corrected chi connectivity index (χ3v) is 9.61. The number of likely N-dealkylation sites (tertiary alicyclic amines) is 1. The van der Waals surface area contributed by atoms with Gasteiger partial charge in [0, 0.05) is 18.0 Å². The highest BCUT2D eigenvalue weighted by molar-refractivity contribution is 5.72. The molecular formula is C32H39NO5. The Bertz CT molecular complexity index is 1140. The molecule has 2 saturated carbocycles. The van der Waals surface area contributed by atoms with Gasteiger partial charge in [-0.15, -0.1) is 0 Å². The fourth-order valence-electron chi connectivity index (χ4n) is 7.71. The zero-order chi connectivity index (χ0) is 26.0. The first-order valence-corrected chi connectivity index (χ1v) is 14.5. The Kier molecular flexibility index (Phi) is 7.31. The van der Waals surface area contributed by atoms with E-state index in [4.69, 9.17) is 14.2 Å². The highest BCUT2D eigenvalue weighted by Crippen LogP contribution is 2.56. The summed E-state index contributed by atoms with van der Waals surface area (Å²) in [5, 5.41) is 0. The predicted octanol–water partition coefficient (Wildman–Crippen LogP) is 6.54. The summed E-state index contributed by atoms with van der Waals surface area (Å²) >= 11 is 0. The molecule has 6 rings (SSSR count). The lowest BCUT2D eigenvalue weighted by Crippen LogP contribution is -2.62. The average molecular weight is 518 g/mol. The molecule has 6 heteroatoms. The number of ether oxygens (including phenoxy) is 3. The molecule has 1 heterocycles. The molecule has 6 nitrogen and oxygen atoms in total. The van der Waals surface area contributed by atoms with Crippen LogP contribution in [0, 0.1) is 11.8 Å². The number of hydrogen-bond acceptors (Lipinski definition) is 5. The fourth-order valence-corrected chi connectivity index (χ4v) is 7.71. The van der Waals surface area contributed by atoms with Crippen molar-refractivity contribution in [2.45, 2.75) is 88.7 Å². The maximum Gasteiger partial charge on any atom is 0.410 e. The van der Waals surface area contributed by atoms with Crippen LogP contribution in [-0.2, 0) is 32.7 Å². The van der Waals surface area contributed by atoms with Gasteiger partial charge in [0.2, 0.25) is 6.79 Å². The molecule has 2 bridgehead atoms. The minimum absolute atomic E-state index is 0.0271. The van der Waals surface area contributed by atoms with Gasteiger partial charge in [-0.1, -0.05) is 68.5 Å². The van der Waals surface area contributed by atoms with E-state index in [0.717, 1.165) is 69.2 Å². The van der Waals surface area contributed by atoms with E-state index >= 15 is 0 Å². The van der Waals surface area contributed by atoms with Gasteiger partial charge in [-0.3, -0.25) is 4.79 Å². The SMILES string of the molecule is O=C(OCOc1ccc2c(c1)[C@]13CCCC[C@@H]1[C@H](C2)N(C(=O)OCc1ccccc1)CC3)C1CCCCC1. The third kappa shape index (κ3) is 4.90. The Hall–Kier alpha value is -3.02. The van der Waals surface area contributed by atoms with Crippen molar-refractivity contribution in [3.8, 4) is 5.75 Å². The molecule has 1 saturated heterocycles. The Labute approximate surface area is 225 Å². The molecule has 1 amide bonds. The van der Waals surface area contributed by atoms with Crippen LogP contribution in [0.1, 0.15) is 80.9 Å². The van der Waals surface area contributed by atoms with Gasteiger partial charge in [-0.2, -0.15) is 0 Å². The van der Waals surface area contributed by atoms with E-state index in [2.05, 4.69) is 12.1 Å². The molecule has 0 spiro atoms. The van der Waals surface area contributed by atoms with E-state index in [1.807, 2.05) is 41.3 Å². The molecule has 0 unspecified atom stereocenters. The summed E-state index contributed by atoms with van der Waals surface area (Å²) in [6, 6.07) is 16.4. The van der Waals surface area contributed by atoms with Crippen LogP contribution in [0.2, 0.25) is 0 Å². The van der Waals surface area contributed by atoms with Gasteiger partial charge < -0.3 is 19.1 Å². The number of esters is 1. The summed E-state index contributed by atoms with van der Waals surface area (Å²) in [4.78, 5) is 27.7. The van der Waals surface area contributed by atoms with Gasteiger partial charge in [0.15, 0.2) is 0 Å². The predicted molar refractivity (Wildman–Crippen MR) is 144 cm³/mol. The molecular weight excluding hydrogens is 478 g/mol. The van der Waals surface area contributed by atoms with Crippen LogP contribution in [0.15, 0.2) is 48.5 Å². The van der Waals surface area contributed by atoms with Crippen LogP contribution in [-0.4, -0.2) is 36.3 Å². The number of hydrogen-bond donors (Lipinski definition) is 0. The zero-order valence-corrected chi connectivity index (χ0v) is 22.2. The standard InChI is InChI=1S/C32H39NO5/c34-30(24-11-5-2-6-12-24)38-22-37-26-15-14-25-19-29-27-13-7-8-16-32(27,28(25)20-26)17-18-33(29)31(35)36-21-23-9-3-1-4-10-23/h1,3-4,9-10,14-15,20,24,27,29H,2,5-8,11-13,16-19,21-22H2/t27-,29+,32+/m1/s1. The summed E-state index contributed by atoms with van der Waals surface area (Å²) in [6.07, 6.45) is 11.6. The van der Waals surface area contributed by atoms with Gasteiger partial charge in [-0.05, 0) is 73.3 Å². The minimum atomic E-state index is -0.193. The van der Waals surface area contributed by atoms with Crippen LogP contribution in [0.25, 0.3) is 0 Å². The van der Waals surface area contributed by atoms with E-state index in [0.29, 0.717) is 12.5 Å². The van der Waals surface area contributed by atoms with Crippen molar-refractivity contribution in [1.82, 2.24) is 4.90 Å². The van der Waals surface area contributed by atoms with Crippen molar-refractivity contribution in [3.63, 3.8) is 0 Å². The van der Waals surface area contributed by atoms with Crippen LogP contribution in [0.5, 0.6) is 5.75 Å². The Balaban J connectivity index is 1.15. The second kappa shape index (κ2) is 11.0. The molecule has 0 N–H and O–H groups in total. The zero-order valence-electron chi connectivity index (χ0n) is 22.2. The largest absolute Gasteiger partial charge is 0.457 e. The van der Waals surface area contributed by atoms with Crippen molar-refractivity contribution in [2.75, 3.05) is 13.3 Å². The second-order valence-electron chi connectivity index (χ2n) is 11.6. The summed E-state index contributed by atoms with van der Waals surface area (Å²) in [6.45, 7) is 0.994. The van der Waals surface area contributed by atoms with E-state index in [-0.39, 0.29) is 36.2 Å². The van der Waals surface area contributed by atoms with Crippen LogP contribution < -0.4 is 4.74 Å². The summed E-state index contributed by atoms with van der Waals surface area (Å²) in [5.41, 5.74) is 3.77. The Morgan fingerprint density at radius 2 is 1.71 bits per heavy atom. The molecule has 202 valence electrons. The molecule has 0 aromatic heterocycles. The van der Waals surface area contributed by atoms with Crippen molar-refractivity contribution in [1.29, 1.82) is 0 Å². The summed E-state index contributed by atoms with van der Waals surface area (Å²) in [5.74, 6) is 1.10. The third-order valence-electron chi connectivity index (χ3n) is 9.61. The first kappa shape index (κ1) is 25.3. The maximum atomic E-state index is 13.2.